The van der Waals surface area contributed by atoms with Crippen LogP contribution in [0.5, 0.6) is 0 Å². The van der Waals surface area contributed by atoms with Crippen LogP contribution in [-0.2, 0) is 14.3 Å². The molecule has 0 aliphatic carbocycles. The average molecular weight is 1080 g/mol. The molecule has 0 saturated carbocycles. The molecule has 9 heteroatoms. The van der Waals surface area contributed by atoms with E-state index in [1.807, 2.05) is 6.08 Å². The molecule has 1 saturated heterocycles. The van der Waals surface area contributed by atoms with Crippen LogP contribution in [0.2, 0.25) is 0 Å². The SMILES string of the molecule is CCCCCCCCCCCCCCCC/C=C/C(O)C(COC1OC(CO)C(O)C(O)C1O)NC(=O)CCCCCCCCCCCCCCCCCCC/C=C\CCCCCCCCCCCCCCCCCC. The summed E-state index contributed by atoms with van der Waals surface area (Å²) in [5.74, 6) is -0.171. The summed E-state index contributed by atoms with van der Waals surface area (Å²) in [4.78, 5) is 13.1. The maximum atomic E-state index is 13.1. The number of unbranched alkanes of at least 4 members (excludes halogenated alkanes) is 47. The van der Waals surface area contributed by atoms with E-state index in [9.17, 15) is 30.3 Å². The predicted molar refractivity (Wildman–Crippen MR) is 323 cm³/mol. The number of hydrogen-bond acceptors (Lipinski definition) is 8. The van der Waals surface area contributed by atoms with Crippen molar-refractivity contribution in [2.45, 2.75) is 384 Å². The van der Waals surface area contributed by atoms with Crippen LogP contribution in [0.25, 0.3) is 0 Å². The van der Waals surface area contributed by atoms with E-state index in [-0.39, 0.29) is 12.5 Å². The van der Waals surface area contributed by atoms with Gasteiger partial charge in [-0.3, -0.25) is 4.79 Å². The lowest BCUT2D eigenvalue weighted by Crippen LogP contribution is -2.60. The summed E-state index contributed by atoms with van der Waals surface area (Å²) in [6.07, 6.45) is 67.2. The minimum absolute atomic E-state index is 0.171. The highest BCUT2D eigenvalue weighted by atomic mass is 16.7. The second kappa shape index (κ2) is 56.9. The number of hydrogen-bond donors (Lipinski definition) is 6. The summed E-state index contributed by atoms with van der Waals surface area (Å²) in [7, 11) is 0. The van der Waals surface area contributed by atoms with Crippen molar-refractivity contribution in [2.75, 3.05) is 13.2 Å². The molecule has 6 N–H and O–H groups in total. The number of aliphatic hydroxyl groups is 5. The van der Waals surface area contributed by atoms with Gasteiger partial charge in [-0.05, 0) is 44.9 Å². The molecule has 0 aromatic carbocycles. The van der Waals surface area contributed by atoms with Gasteiger partial charge in [-0.25, -0.2) is 0 Å². The molecule has 1 fully saturated rings. The maximum absolute atomic E-state index is 13.1. The zero-order valence-electron chi connectivity index (χ0n) is 50.3. The Morgan fingerprint density at radius 1 is 0.434 bits per heavy atom. The highest BCUT2D eigenvalue weighted by Gasteiger charge is 2.44. The fourth-order valence-electron chi connectivity index (χ4n) is 11.0. The van der Waals surface area contributed by atoms with E-state index >= 15 is 0 Å². The van der Waals surface area contributed by atoms with E-state index in [1.165, 1.54) is 283 Å². The van der Waals surface area contributed by atoms with Gasteiger partial charge in [-0.2, -0.15) is 0 Å². The largest absolute Gasteiger partial charge is 0.394 e. The molecule has 7 unspecified atom stereocenters. The minimum Gasteiger partial charge on any atom is -0.394 e. The summed E-state index contributed by atoms with van der Waals surface area (Å²) in [5, 5.41) is 54.6. The van der Waals surface area contributed by atoms with Gasteiger partial charge in [0.15, 0.2) is 6.29 Å². The van der Waals surface area contributed by atoms with Gasteiger partial charge >= 0.3 is 0 Å². The van der Waals surface area contributed by atoms with E-state index in [0.717, 1.165) is 38.5 Å². The van der Waals surface area contributed by atoms with Crippen molar-refractivity contribution in [3.8, 4) is 0 Å². The summed E-state index contributed by atoms with van der Waals surface area (Å²) in [6, 6.07) is -0.802. The van der Waals surface area contributed by atoms with Crippen LogP contribution in [0.15, 0.2) is 24.3 Å². The molecule has 450 valence electrons. The lowest BCUT2D eigenvalue weighted by Gasteiger charge is -2.40. The fraction of sp³-hybridized carbons (Fsp3) is 0.925. The first-order valence-electron chi connectivity index (χ1n) is 33.6. The van der Waals surface area contributed by atoms with Crippen LogP contribution in [0.4, 0.5) is 0 Å². The molecular formula is C67H129NO8. The smallest absolute Gasteiger partial charge is 0.220 e. The third kappa shape index (κ3) is 45.4. The first kappa shape index (κ1) is 72.7. The van der Waals surface area contributed by atoms with Crippen LogP contribution in [0.3, 0.4) is 0 Å². The molecule has 0 aromatic rings. The zero-order chi connectivity index (χ0) is 55.0. The highest BCUT2D eigenvalue weighted by molar-refractivity contribution is 5.76. The Bertz CT molecular complexity index is 1250. The Hall–Kier alpha value is -1.33. The van der Waals surface area contributed by atoms with Gasteiger partial charge in [-0.15, -0.1) is 0 Å². The van der Waals surface area contributed by atoms with E-state index in [2.05, 4.69) is 31.3 Å². The monoisotopic (exact) mass is 1080 g/mol. The summed E-state index contributed by atoms with van der Waals surface area (Å²) in [6.45, 7) is 3.82. The van der Waals surface area contributed by atoms with Gasteiger partial charge in [-0.1, -0.05) is 314 Å². The first-order valence-corrected chi connectivity index (χ1v) is 33.6. The molecule has 1 heterocycles. The van der Waals surface area contributed by atoms with Crippen molar-refractivity contribution in [2.24, 2.45) is 0 Å². The van der Waals surface area contributed by atoms with Crippen molar-refractivity contribution in [1.29, 1.82) is 0 Å². The van der Waals surface area contributed by atoms with Gasteiger partial charge < -0.3 is 40.3 Å². The number of aliphatic hydroxyl groups excluding tert-OH is 5. The normalized spacial score (nSPS) is 18.9. The summed E-state index contributed by atoms with van der Waals surface area (Å²) >= 11 is 0. The standard InChI is InChI=1S/C67H129NO8/c1-3-5-7-9-11-13-15-17-19-21-22-23-24-25-26-27-28-29-30-31-32-33-34-35-36-37-38-39-40-41-43-45-47-49-51-53-55-57-63(71)68-60(59-75-67-66(74)65(73)64(72)62(58-69)76-67)61(70)56-54-52-50-48-46-44-42-20-18-16-14-12-10-8-6-4-2/h29-30,54,56,60-62,64-67,69-70,72-74H,3-28,31-53,55,57-59H2,1-2H3,(H,68,71)/b30-29-,56-54+. The molecule has 1 amide bonds. The number of carbonyl (C=O) groups excluding carboxylic acids is 1. The molecule has 7 atom stereocenters. The number of rotatable bonds is 59. The van der Waals surface area contributed by atoms with Gasteiger partial charge in [0.1, 0.15) is 24.4 Å². The van der Waals surface area contributed by atoms with E-state index in [0.29, 0.717) is 6.42 Å². The van der Waals surface area contributed by atoms with Crippen molar-refractivity contribution in [3.63, 3.8) is 0 Å². The van der Waals surface area contributed by atoms with Crippen molar-refractivity contribution >= 4 is 5.91 Å². The third-order valence-electron chi connectivity index (χ3n) is 16.3. The quantitative estimate of drug-likeness (QED) is 0.0261. The summed E-state index contributed by atoms with van der Waals surface area (Å²) in [5.41, 5.74) is 0. The van der Waals surface area contributed by atoms with Crippen LogP contribution < -0.4 is 5.32 Å². The van der Waals surface area contributed by atoms with E-state index in [1.54, 1.807) is 6.08 Å². The molecule has 1 aliphatic heterocycles. The lowest BCUT2D eigenvalue weighted by atomic mass is 9.99. The fourth-order valence-corrected chi connectivity index (χ4v) is 11.0. The second-order valence-electron chi connectivity index (χ2n) is 23.6. The maximum Gasteiger partial charge on any atom is 0.220 e. The van der Waals surface area contributed by atoms with Crippen LogP contribution in [0.1, 0.15) is 341 Å². The van der Waals surface area contributed by atoms with E-state index in [4.69, 9.17) is 9.47 Å². The number of amides is 1. The number of ether oxygens (including phenoxy) is 2. The lowest BCUT2D eigenvalue weighted by molar-refractivity contribution is -0.302. The molecule has 0 spiro atoms. The van der Waals surface area contributed by atoms with Crippen molar-refractivity contribution in [3.05, 3.63) is 24.3 Å². The van der Waals surface area contributed by atoms with Crippen LogP contribution >= 0.6 is 0 Å². The topological polar surface area (TPSA) is 149 Å². The average Bonchev–Trinajstić information content (AvgIpc) is 3.42. The molecule has 0 aromatic heterocycles. The Labute approximate surface area is 470 Å². The molecule has 0 bridgehead atoms. The number of nitrogens with one attached hydrogen (secondary N) is 1. The molecule has 1 rings (SSSR count). The zero-order valence-corrected chi connectivity index (χ0v) is 50.3. The Morgan fingerprint density at radius 3 is 1.07 bits per heavy atom. The van der Waals surface area contributed by atoms with Gasteiger partial charge in [0.2, 0.25) is 5.91 Å². The molecule has 9 nitrogen and oxygen atoms in total. The molecule has 0 radical (unpaired) electrons. The van der Waals surface area contributed by atoms with Crippen LogP contribution in [-0.4, -0.2) is 87.5 Å². The minimum atomic E-state index is -1.56. The highest BCUT2D eigenvalue weighted by Crippen LogP contribution is 2.23. The van der Waals surface area contributed by atoms with Crippen LogP contribution in [0, 0.1) is 0 Å². The van der Waals surface area contributed by atoms with Crippen molar-refractivity contribution < 1.29 is 39.8 Å². The van der Waals surface area contributed by atoms with Gasteiger partial charge in [0, 0.05) is 6.42 Å². The molecule has 1 aliphatic rings. The molecule has 76 heavy (non-hydrogen) atoms. The predicted octanol–water partition coefficient (Wildman–Crippen LogP) is 17.7. The Morgan fingerprint density at radius 2 is 0.737 bits per heavy atom. The Kier molecular flexibility index (Phi) is 54.4. The molecular weight excluding hydrogens is 947 g/mol. The van der Waals surface area contributed by atoms with Gasteiger partial charge in [0.25, 0.3) is 0 Å². The van der Waals surface area contributed by atoms with Gasteiger partial charge in [0.05, 0.1) is 25.4 Å². The van der Waals surface area contributed by atoms with E-state index < -0.39 is 49.5 Å². The first-order chi connectivity index (χ1) is 37.3. The third-order valence-corrected chi connectivity index (χ3v) is 16.3. The number of carbonyl (C=O) groups is 1. The second-order valence-corrected chi connectivity index (χ2v) is 23.6. The summed E-state index contributed by atoms with van der Waals surface area (Å²) < 4.78 is 11.3. The van der Waals surface area contributed by atoms with Crippen molar-refractivity contribution in [1.82, 2.24) is 5.32 Å². The number of allylic oxidation sites excluding steroid dienone is 3. The Balaban J connectivity index is 2.06.